The van der Waals surface area contributed by atoms with Gasteiger partial charge in [0.15, 0.2) is 0 Å². The van der Waals surface area contributed by atoms with Gasteiger partial charge in [0.1, 0.15) is 5.82 Å². The molecule has 0 aliphatic heterocycles. The van der Waals surface area contributed by atoms with E-state index in [4.69, 9.17) is 5.73 Å². The molecule has 3 nitrogen and oxygen atoms in total. The normalized spacial score (nSPS) is 10.2. The predicted molar refractivity (Wildman–Crippen MR) is 71.9 cm³/mol. The molecule has 3 N–H and O–H groups in total. The van der Waals surface area contributed by atoms with Crippen LogP contribution in [0.2, 0.25) is 0 Å². The highest BCUT2D eigenvalue weighted by Gasteiger charge is 1.98. The Balaban J connectivity index is 2.05. The number of nitrogens with one attached hydrogen (secondary N) is 1. The maximum Gasteiger partial charge on any atom is 0.126 e. The molecule has 0 spiro atoms. The quantitative estimate of drug-likeness (QED) is 0.847. The lowest BCUT2D eigenvalue weighted by molar-refractivity contribution is 1.10. The Morgan fingerprint density at radius 1 is 1.24 bits per heavy atom. The van der Waals surface area contributed by atoms with Crippen LogP contribution in [0.15, 0.2) is 36.5 Å². The predicted octanol–water partition coefficient (Wildman–Crippen LogP) is 2.89. The zero-order valence-electron chi connectivity index (χ0n) is 10.2. The fraction of sp³-hybridized carbons (Fsp3) is 0.214. The third kappa shape index (κ3) is 2.97. The zero-order chi connectivity index (χ0) is 12.3. The van der Waals surface area contributed by atoms with Gasteiger partial charge in [-0.15, -0.1) is 0 Å². The Kier molecular flexibility index (Phi) is 3.28. The monoisotopic (exact) mass is 227 g/mol. The summed E-state index contributed by atoms with van der Waals surface area (Å²) in [6, 6.07) is 10.4. The lowest BCUT2D eigenvalue weighted by atomic mass is 10.1. The molecule has 1 aromatic heterocycles. The van der Waals surface area contributed by atoms with Crippen molar-refractivity contribution in [3.05, 3.63) is 53.2 Å². The third-order valence-corrected chi connectivity index (χ3v) is 2.71. The minimum absolute atomic E-state index is 0.728. The number of pyridine rings is 1. The molecule has 2 aromatic rings. The van der Waals surface area contributed by atoms with E-state index >= 15 is 0 Å². The van der Waals surface area contributed by atoms with Crippen molar-refractivity contribution >= 4 is 11.5 Å². The number of hydrogen-bond donors (Lipinski definition) is 2. The van der Waals surface area contributed by atoms with E-state index in [1.807, 2.05) is 13.0 Å². The molecule has 2 rings (SSSR count). The van der Waals surface area contributed by atoms with Crippen LogP contribution in [-0.4, -0.2) is 4.98 Å². The molecule has 0 unspecified atom stereocenters. The summed E-state index contributed by atoms with van der Waals surface area (Å²) in [6.07, 6.45) is 1.69. The Morgan fingerprint density at radius 2 is 2.06 bits per heavy atom. The summed E-state index contributed by atoms with van der Waals surface area (Å²) >= 11 is 0. The number of rotatable bonds is 3. The minimum atomic E-state index is 0.728. The summed E-state index contributed by atoms with van der Waals surface area (Å²) in [4.78, 5) is 4.24. The standard InChI is InChI=1S/C14H17N3/c1-10-4-3-5-12(6-10)8-16-14-7-11(2)13(15)9-17-14/h3-7,9H,8,15H2,1-2H3,(H,16,17). The van der Waals surface area contributed by atoms with E-state index in [0.29, 0.717) is 0 Å². The number of benzene rings is 1. The van der Waals surface area contributed by atoms with Crippen LogP contribution < -0.4 is 11.1 Å². The smallest absolute Gasteiger partial charge is 0.126 e. The van der Waals surface area contributed by atoms with Gasteiger partial charge in [-0.25, -0.2) is 4.98 Å². The topological polar surface area (TPSA) is 50.9 Å². The first-order chi connectivity index (χ1) is 8.15. The van der Waals surface area contributed by atoms with Gasteiger partial charge in [-0.1, -0.05) is 29.8 Å². The van der Waals surface area contributed by atoms with Crippen LogP contribution in [0.1, 0.15) is 16.7 Å². The van der Waals surface area contributed by atoms with Gasteiger partial charge in [-0.2, -0.15) is 0 Å². The molecule has 0 atom stereocenters. The van der Waals surface area contributed by atoms with Gasteiger partial charge < -0.3 is 11.1 Å². The minimum Gasteiger partial charge on any atom is -0.397 e. The van der Waals surface area contributed by atoms with E-state index in [1.54, 1.807) is 6.20 Å². The van der Waals surface area contributed by atoms with Crippen LogP contribution >= 0.6 is 0 Å². The average molecular weight is 227 g/mol. The van der Waals surface area contributed by atoms with Crippen molar-refractivity contribution in [1.82, 2.24) is 4.98 Å². The molecule has 0 radical (unpaired) electrons. The van der Waals surface area contributed by atoms with Crippen LogP contribution in [0, 0.1) is 13.8 Å². The second kappa shape index (κ2) is 4.87. The summed E-state index contributed by atoms with van der Waals surface area (Å²) in [7, 11) is 0. The van der Waals surface area contributed by atoms with Gasteiger partial charge in [0.2, 0.25) is 0 Å². The molecule has 0 aliphatic rings. The van der Waals surface area contributed by atoms with Crippen LogP contribution in [-0.2, 0) is 6.54 Å². The van der Waals surface area contributed by atoms with E-state index in [-0.39, 0.29) is 0 Å². The summed E-state index contributed by atoms with van der Waals surface area (Å²) in [5, 5.41) is 3.29. The molecule has 0 saturated carbocycles. The lowest BCUT2D eigenvalue weighted by Gasteiger charge is -2.08. The number of hydrogen-bond acceptors (Lipinski definition) is 3. The molecule has 1 aromatic carbocycles. The van der Waals surface area contributed by atoms with Gasteiger partial charge in [-0.05, 0) is 31.0 Å². The molecular formula is C14H17N3. The van der Waals surface area contributed by atoms with E-state index in [9.17, 15) is 0 Å². The Labute approximate surface area is 102 Å². The molecule has 0 amide bonds. The van der Waals surface area contributed by atoms with E-state index in [2.05, 4.69) is 41.5 Å². The summed E-state index contributed by atoms with van der Waals surface area (Å²) < 4.78 is 0. The fourth-order valence-electron chi connectivity index (χ4n) is 1.68. The molecule has 88 valence electrons. The van der Waals surface area contributed by atoms with Crippen molar-refractivity contribution < 1.29 is 0 Å². The highest BCUT2D eigenvalue weighted by Crippen LogP contribution is 2.14. The van der Waals surface area contributed by atoms with Crippen LogP contribution in [0.25, 0.3) is 0 Å². The first kappa shape index (κ1) is 11.5. The molecular weight excluding hydrogens is 210 g/mol. The second-order valence-electron chi connectivity index (χ2n) is 4.27. The molecule has 0 bridgehead atoms. The molecule has 0 saturated heterocycles. The fourth-order valence-corrected chi connectivity index (χ4v) is 1.68. The van der Waals surface area contributed by atoms with Crippen molar-refractivity contribution in [2.24, 2.45) is 0 Å². The van der Waals surface area contributed by atoms with E-state index in [0.717, 1.165) is 23.6 Å². The van der Waals surface area contributed by atoms with Crippen LogP contribution in [0.3, 0.4) is 0 Å². The molecule has 0 fully saturated rings. The van der Waals surface area contributed by atoms with Gasteiger partial charge in [0, 0.05) is 6.54 Å². The number of nitrogens with two attached hydrogens (primary N) is 1. The number of nitrogen functional groups attached to an aromatic ring is 1. The second-order valence-corrected chi connectivity index (χ2v) is 4.27. The van der Waals surface area contributed by atoms with Gasteiger partial charge >= 0.3 is 0 Å². The molecule has 1 heterocycles. The van der Waals surface area contributed by atoms with Crippen molar-refractivity contribution in [3.8, 4) is 0 Å². The summed E-state index contributed by atoms with van der Waals surface area (Å²) in [6.45, 7) is 4.85. The maximum absolute atomic E-state index is 5.73. The number of aryl methyl sites for hydroxylation is 2. The van der Waals surface area contributed by atoms with Crippen molar-refractivity contribution in [2.75, 3.05) is 11.1 Å². The van der Waals surface area contributed by atoms with Crippen molar-refractivity contribution in [2.45, 2.75) is 20.4 Å². The van der Waals surface area contributed by atoms with E-state index < -0.39 is 0 Å². The van der Waals surface area contributed by atoms with Gasteiger partial charge in [0.05, 0.1) is 11.9 Å². The number of nitrogens with zero attached hydrogens (tertiary/aromatic N) is 1. The van der Waals surface area contributed by atoms with Crippen molar-refractivity contribution in [1.29, 1.82) is 0 Å². The third-order valence-electron chi connectivity index (χ3n) is 2.71. The van der Waals surface area contributed by atoms with Crippen LogP contribution in [0.4, 0.5) is 11.5 Å². The zero-order valence-corrected chi connectivity index (χ0v) is 10.2. The summed E-state index contributed by atoms with van der Waals surface area (Å²) in [5.41, 5.74) is 10.0. The lowest BCUT2D eigenvalue weighted by Crippen LogP contribution is -2.02. The number of anilines is 2. The Morgan fingerprint density at radius 3 is 2.76 bits per heavy atom. The van der Waals surface area contributed by atoms with E-state index in [1.165, 1.54) is 11.1 Å². The highest BCUT2D eigenvalue weighted by atomic mass is 15.0. The number of aromatic nitrogens is 1. The average Bonchev–Trinajstić information content (AvgIpc) is 2.31. The Hall–Kier alpha value is -2.03. The van der Waals surface area contributed by atoms with Gasteiger partial charge in [-0.3, -0.25) is 0 Å². The highest BCUT2D eigenvalue weighted by molar-refractivity contribution is 5.51. The summed E-state index contributed by atoms with van der Waals surface area (Å²) in [5.74, 6) is 0.859. The van der Waals surface area contributed by atoms with Gasteiger partial charge in [0.25, 0.3) is 0 Å². The SMILES string of the molecule is Cc1cccc(CNc2cc(C)c(N)cn2)c1. The first-order valence-corrected chi connectivity index (χ1v) is 5.66. The van der Waals surface area contributed by atoms with Crippen LogP contribution in [0.5, 0.6) is 0 Å². The Bertz CT molecular complexity index is 521. The first-order valence-electron chi connectivity index (χ1n) is 5.66. The maximum atomic E-state index is 5.73. The van der Waals surface area contributed by atoms with Crippen molar-refractivity contribution in [3.63, 3.8) is 0 Å². The largest absolute Gasteiger partial charge is 0.397 e. The molecule has 0 aliphatic carbocycles. The molecule has 3 heteroatoms. The molecule has 17 heavy (non-hydrogen) atoms.